The fraction of sp³-hybridized carbons (Fsp3) is 0.211. The van der Waals surface area contributed by atoms with Crippen LogP contribution >= 0.6 is 0 Å². The first-order valence-corrected chi connectivity index (χ1v) is 7.85. The fourth-order valence-electron chi connectivity index (χ4n) is 2.08. The van der Waals surface area contributed by atoms with E-state index >= 15 is 0 Å². The lowest BCUT2D eigenvalue weighted by atomic mass is 10.2. The molecule has 2 rings (SSSR count). The number of amides is 1. The van der Waals surface area contributed by atoms with Crippen LogP contribution in [0.4, 0.5) is 17.1 Å². The van der Waals surface area contributed by atoms with E-state index in [4.69, 9.17) is 0 Å². The maximum absolute atomic E-state index is 11.6. The smallest absolute Gasteiger partial charge is 0.224 e. The molecule has 0 aliphatic rings. The molecule has 1 N–H and O–H groups in total. The first-order chi connectivity index (χ1) is 11.9. The van der Waals surface area contributed by atoms with E-state index in [1.54, 1.807) is 30.5 Å². The Morgan fingerprint density at radius 1 is 1.04 bits per heavy atom. The highest BCUT2D eigenvalue weighted by atomic mass is 16.4. The molecule has 0 fully saturated rings. The minimum atomic E-state index is -1.24. The SMILES string of the molecule is CN(C)c1ccc(C=Nc2ccc(NC(=O)CCC(=O)[O-])cc2)cc1. The quantitative estimate of drug-likeness (QED) is 0.782. The lowest BCUT2D eigenvalue weighted by Gasteiger charge is -2.11. The van der Waals surface area contributed by atoms with E-state index in [1.807, 2.05) is 43.3 Å². The van der Waals surface area contributed by atoms with Crippen molar-refractivity contribution in [1.29, 1.82) is 0 Å². The van der Waals surface area contributed by atoms with Gasteiger partial charge in [0, 0.05) is 44.1 Å². The fourth-order valence-corrected chi connectivity index (χ4v) is 2.08. The minimum absolute atomic E-state index is 0.106. The van der Waals surface area contributed by atoms with Gasteiger partial charge in [-0.3, -0.25) is 9.79 Å². The number of carbonyl (C=O) groups excluding carboxylic acids is 2. The zero-order valence-corrected chi connectivity index (χ0v) is 14.2. The summed E-state index contributed by atoms with van der Waals surface area (Å²) in [6, 6.07) is 15.0. The second kappa shape index (κ2) is 8.63. The number of hydrogen-bond donors (Lipinski definition) is 1. The van der Waals surface area contributed by atoms with Crippen LogP contribution in [0.25, 0.3) is 0 Å². The molecule has 2 aromatic rings. The number of aliphatic imine (C=N–C) groups is 1. The van der Waals surface area contributed by atoms with Gasteiger partial charge in [-0.15, -0.1) is 0 Å². The van der Waals surface area contributed by atoms with Gasteiger partial charge in [-0.25, -0.2) is 0 Å². The van der Waals surface area contributed by atoms with Crippen LogP contribution in [0.15, 0.2) is 53.5 Å². The number of benzene rings is 2. The number of nitrogens with one attached hydrogen (secondary N) is 1. The predicted molar refractivity (Wildman–Crippen MR) is 97.3 cm³/mol. The number of aliphatic carboxylic acids is 1. The van der Waals surface area contributed by atoms with E-state index in [9.17, 15) is 14.7 Å². The van der Waals surface area contributed by atoms with Gasteiger partial charge in [0.1, 0.15) is 0 Å². The maximum atomic E-state index is 11.6. The number of hydrogen-bond acceptors (Lipinski definition) is 5. The zero-order valence-electron chi connectivity index (χ0n) is 14.2. The summed E-state index contributed by atoms with van der Waals surface area (Å²) in [5.74, 6) is -1.60. The summed E-state index contributed by atoms with van der Waals surface area (Å²) in [7, 11) is 3.98. The van der Waals surface area contributed by atoms with E-state index in [0.29, 0.717) is 5.69 Å². The molecule has 0 bridgehead atoms. The third-order valence-electron chi connectivity index (χ3n) is 3.48. The normalized spacial score (nSPS) is 10.6. The van der Waals surface area contributed by atoms with Gasteiger partial charge in [0.05, 0.1) is 5.69 Å². The van der Waals surface area contributed by atoms with Crippen molar-refractivity contribution in [3.05, 3.63) is 54.1 Å². The largest absolute Gasteiger partial charge is 0.550 e. The molecular weight excluding hydrogens is 318 g/mol. The Kier molecular flexibility index (Phi) is 6.28. The Balaban J connectivity index is 1.93. The van der Waals surface area contributed by atoms with Gasteiger partial charge in [-0.05, 0) is 48.4 Å². The van der Waals surface area contributed by atoms with Gasteiger partial charge in [0.15, 0.2) is 0 Å². The molecule has 0 saturated carbocycles. The van der Waals surface area contributed by atoms with Crippen molar-refractivity contribution in [2.24, 2.45) is 4.99 Å². The Morgan fingerprint density at radius 3 is 2.24 bits per heavy atom. The molecule has 0 spiro atoms. The molecule has 0 atom stereocenters. The van der Waals surface area contributed by atoms with Gasteiger partial charge >= 0.3 is 0 Å². The zero-order chi connectivity index (χ0) is 18.2. The van der Waals surface area contributed by atoms with E-state index in [2.05, 4.69) is 10.3 Å². The van der Waals surface area contributed by atoms with E-state index in [1.165, 1.54) is 0 Å². The molecule has 6 nitrogen and oxygen atoms in total. The van der Waals surface area contributed by atoms with E-state index in [-0.39, 0.29) is 18.7 Å². The molecule has 0 aliphatic heterocycles. The summed E-state index contributed by atoms with van der Waals surface area (Å²) in [6.07, 6.45) is 1.37. The van der Waals surface area contributed by atoms with Crippen LogP contribution in [-0.2, 0) is 9.59 Å². The summed E-state index contributed by atoms with van der Waals surface area (Å²) < 4.78 is 0. The Bertz CT molecular complexity index is 750. The van der Waals surface area contributed by atoms with Crippen molar-refractivity contribution >= 4 is 35.2 Å². The molecule has 1 amide bonds. The molecule has 0 saturated heterocycles. The second-order valence-corrected chi connectivity index (χ2v) is 5.71. The van der Waals surface area contributed by atoms with Gasteiger partial charge in [-0.1, -0.05) is 12.1 Å². The molecule has 2 aromatic carbocycles. The highest BCUT2D eigenvalue weighted by Gasteiger charge is 2.02. The van der Waals surface area contributed by atoms with E-state index < -0.39 is 5.97 Å². The highest BCUT2D eigenvalue weighted by Crippen LogP contribution is 2.17. The standard InChI is InChI=1S/C19H21N3O3/c1-22(2)17-9-3-14(4-10-17)13-20-15-5-7-16(8-6-15)21-18(23)11-12-19(24)25/h3-10,13H,11-12H2,1-2H3,(H,21,23)(H,24,25)/p-1. The number of carboxylic acids is 1. The molecular formula is C19H20N3O3-. The van der Waals surface area contributed by atoms with Crippen molar-refractivity contribution in [2.45, 2.75) is 12.8 Å². The van der Waals surface area contributed by atoms with Gasteiger partial charge in [-0.2, -0.15) is 0 Å². The van der Waals surface area contributed by atoms with Crippen molar-refractivity contribution in [3.8, 4) is 0 Å². The van der Waals surface area contributed by atoms with Crippen LogP contribution in [0.5, 0.6) is 0 Å². The van der Waals surface area contributed by atoms with Crippen LogP contribution in [0.3, 0.4) is 0 Å². The van der Waals surface area contributed by atoms with Crippen LogP contribution in [0, 0.1) is 0 Å². The van der Waals surface area contributed by atoms with Crippen LogP contribution < -0.4 is 15.3 Å². The second-order valence-electron chi connectivity index (χ2n) is 5.71. The van der Waals surface area contributed by atoms with Gasteiger partial charge in [0.2, 0.25) is 5.91 Å². The minimum Gasteiger partial charge on any atom is -0.550 e. The predicted octanol–water partition coefficient (Wildman–Crippen LogP) is 1.97. The summed E-state index contributed by atoms with van der Waals surface area (Å²) in [5.41, 5.74) is 3.46. The molecule has 130 valence electrons. The summed E-state index contributed by atoms with van der Waals surface area (Å²) in [6.45, 7) is 0. The van der Waals surface area contributed by atoms with E-state index in [0.717, 1.165) is 16.9 Å². The molecule has 0 heterocycles. The maximum Gasteiger partial charge on any atom is 0.224 e. The van der Waals surface area contributed by atoms with Crippen molar-refractivity contribution < 1.29 is 14.7 Å². The summed E-state index contributed by atoms with van der Waals surface area (Å²) in [5, 5.41) is 13.0. The Labute approximate surface area is 146 Å². The van der Waals surface area contributed by atoms with Crippen LogP contribution in [0.2, 0.25) is 0 Å². The number of nitrogens with zero attached hydrogens (tertiary/aromatic N) is 2. The Hall–Kier alpha value is -3.15. The lowest BCUT2D eigenvalue weighted by Crippen LogP contribution is -2.24. The first-order valence-electron chi connectivity index (χ1n) is 7.85. The average Bonchev–Trinajstić information content (AvgIpc) is 2.60. The average molecular weight is 338 g/mol. The molecule has 25 heavy (non-hydrogen) atoms. The first kappa shape index (κ1) is 18.2. The molecule has 0 unspecified atom stereocenters. The number of carbonyl (C=O) groups is 2. The van der Waals surface area contributed by atoms with Gasteiger partial charge < -0.3 is 20.1 Å². The van der Waals surface area contributed by atoms with Crippen molar-refractivity contribution in [2.75, 3.05) is 24.3 Å². The van der Waals surface area contributed by atoms with Crippen LogP contribution in [0.1, 0.15) is 18.4 Å². The number of carboxylic acid groups (broad SMARTS) is 1. The molecule has 0 radical (unpaired) electrons. The number of rotatable bonds is 7. The molecule has 6 heteroatoms. The topological polar surface area (TPSA) is 84.8 Å². The van der Waals surface area contributed by atoms with Gasteiger partial charge in [0.25, 0.3) is 0 Å². The molecule has 0 aliphatic carbocycles. The van der Waals surface area contributed by atoms with Crippen LogP contribution in [-0.4, -0.2) is 32.2 Å². The van der Waals surface area contributed by atoms with Crippen molar-refractivity contribution in [3.63, 3.8) is 0 Å². The third-order valence-corrected chi connectivity index (χ3v) is 3.48. The molecule has 0 aromatic heterocycles. The third kappa shape index (κ3) is 6.10. The lowest BCUT2D eigenvalue weighted by molar-refractivity contribution is -0.305. The summed E-state index contributed by atoms with van der Waals surface area (Å²) in [4.78, 5) is 28.3. The Morgan fingerprint density at radius 2 is 1.68 bits per heavy atom. The highest BCUT2D eigenvalue weighted by molar-refractivity contribution is 5.92. The number of anilines is 2. The monoisotopic (exact) mass is 338 g/mol. The van der Waals surface area contributed by atoms with Crippen molar-refractivity contribution in [1.82, 2.24) is 0 Å². The summed E-state index contributed by atoms with van der Waals surface area (Å²) >= 11 is 0.